The van der Waals surface area contributed by atoms with Gasteiger partial charge >= 0.3 is 0 Å². The molecule has 1 heterocycles. The molecule has 2 rings (SSSR count). The zero-order valence-electron chi connectivity index (χ0n) is 13.2. The third-order valence-corrected chi connectivity index (χ3v) is 6.20. The van der Waals surface area contributed by atoms with Crippen LogP contribution in [0, 0.1) is 0 Å². The molecule has 1 aromatic carbocycles. The Hall–Kier alpha value is -1.62. The number of benzene rings is 1. The van der Waals surface area contributed by atoms with Crippen LogP contribution in [0.2, 0.25) is 5.02 Å². The second-order valence-electron chi connectivity index (χ2n) is 4.74. The van der Waals surface area contributed by atoms with Gasteiger partial charge in [0.2, 0.25) is 21.1 Å². The lowest BCUT2D eigenvalue weighted by Gasteiger charge is -2.22. The Morgan fingerprint density at radius 3 is 2.80 bits per heavy atom. The normalized spacial score (nSPS) is 11.1. The third-order valence-electron chi connectivity index (χ3n) is 2.79. The summed E-state index contributed by atoms with van der Waals surface area (Å²) in [5, 5.41) is 10.9. The standard InChI is InChI=1S/C14H15ClN4O3S3/c1-3-8-23-14-18-17-13(24-14)16-12(20)9-19(25(2,21)22)11-7-5-4-6-10(11)15/h3-7H,1,8-9H2,2H3,(H,16,17,20). The van der Waals surface area contributed by atoms with Crippen LogP contribution in [0.25, 0.3) is 0 Å². The van der Waals surface area contributed by atoms with Crippen molar-refractivity contribution in [1.29, 1.82) is 0 Å². The Bertz CT molecular complexity index is 870. The number of nitrogens with zero attached hydrogens (tertiary/aromatic N) is 3. The number of hydrogen-bond acceptors (Lipinski definition) is 7. The highest BCUT2D eigenvalue weighted by molar-refractivity contribution is 8.01. The molecule has 0 aliphatic rings. The van der Waals surface area contributed by atoms with Crippen LogP contribution in [0.15, 0.2) is 41.3 Å². The minimum Gasteiger partial charge on any atom is -0.299 e. The number of anilines is 2. The van der Waals surface area contributed by atoms with Crippen molar-refractivity contribution in [2.24, 2.45) is 0 Å². The summed E-state index contributed by atoms with van der Waals surface area (Å²) >= 11 is 8.69. The molecule has 0 aliphatic carbocycles. The maximum atomic E-state index is 12.2. The van der Waals surface area contributed by atoms with Crippen LogP contribution in [0.5, 0.6) is 0 Å². The van der Waals surface area contributed by atoms with Crippen molar-refractivity contribution < 1.29 is 13.2 Å². The van der Waals surface area contributed by atoms with E-state index in [2.05, 4.69) is 22.1 Å². The summed E-state index contributed by atoms with van der Waals surface area (Å²) in [4.78, 5) is 12.2. The van der Waals surface area contributed by atoms with E-state index in [1.807, 2.05) is 0 Å². The second-order valence-corrected chi connectivity index (χ2v) is 9.30. The van der Waals surface area contributed by atoms with Crippen molar-refractivity contribution >= 4 is 61.4 Å². The Morgan fingerprint density at radius 1 is 1.44 bits per heavy atom. The fourth-order valence-corrected chi connectivity index (χ4v) is 4.46. The van der Waals surface area contributed by atoms with Crippen LogP contribution in [-0.4, -0.2) is 43.1 Å². The van der Waals surface area contributed by atoms with Gasteiger partial charge in [0.1, 0.15) is 6.54 Å². The molecule has 0 bridgehead atoms. The van der Waals surface area contributed by atoms with E-state index in [1.54, 1.807) is 24.3 Å². The van der Waals surface area contributed by atoms with Gasteiger partial charge in [0.25, 0.3) is 0 Å². The summed E-state index contributed by atoms with van der Waals surface area (Å²) in [5.74, 6) is 0.137. The summed E-state index contributed by atoms with van der Waals surface area (Å²) in [5.41, 5.74) is 0.237. The van der Waals surface area contributed by atoms with Gasteiger partial charge in [0.15, 0.2) is 4.34 Å². The molecule has 0 radical (unpaired) electrons. The summed E-state index contributed by atoms with van der Waals surface area (Å²) in [6.07, 6.45) is 2.75. The predicted molar refractivity (Wildman–Crippen MR) is 103 cm³/mol. The van der Waals surface area contributed by atoms with Crippen LogP contribution in [0.1, 0.15) is 0 Å². The average molecular weight is 419 g/mol. The highest BCUT2D eigenvalue weighted by Gasteiger charge is 2.23. The van der Waals surface area contributed by atoms with Crippen LogP contribution in [-0.2, 0) is 14.8 Å². The maximum absolute atomic E-state index is 12.2. The van der Waals surface area contributed by atoms with E-state index in [9.17, 15) is 13.2 Å². The fourth-order valence-electron chi connectivity index (χ4n) is 1.77. The van der Waals surface area contributed by atoms with Crippen LogP contribution >= 0.6 is 34.7 Å². The lowest BCUT2D eigenvalue weighted by Crippen LogP contribution is -2.37. The lowest BCUT2D eigenvalue weighted by atomic mass is 10.3. The van der Waals surface area contributed by atoms with Gasteiger partial charge in [-0.15, -0.1) is 16.8 Å². The molecule has 0 aliphatic heterocycles. The molecule has 0 spiro atoms. The first kappa shape index (κ1) is 19.7. The van der Waals surface area contributed by atoms with Crippen LogP contribution in [0.3, 0.4) is 0 Å². The summed E-state index contributed by atoms with van der Waals surface area (Å²) < 4.78 is 25.7. The predicted octanol–water partition coefficient (Wildman–Crippen LogP) is 2.87. The van der Waals surface area contributed by atoms with Crippen LogP contribution in [0.4, 0.5) is 10.8 Å². The number of halogens is 1. The molecular formula is C14H15ClN4O3S3. The number of para-hydroxylation sites is 1. The monoisotopic (exact) mass is 418 g/mol. The Kier molecular flexibility index (Phi) is 6.82. The van der Waals surface area contributed by atoms with E-state index >= 15 is 0 Å². The summed E-state index contributed by atoms with van der Waals surface area (Å²) in [7, 11) is -3.69. The minimum absolute atomic E-state index is 0.236. The molecule has 25 heavy (non-hydrogen) atoms. The number of carbonyl (C=O) groups is 1. The number of carbonyl (C=O) groups excluding carboxylic acids is 1. The molecular weight excluding hydrogens is 404 g/mol. The number of hydrogen-bond donors (Lipinski definition) is 1. The number of rotatable bonds is 8. The van der Waals surface area contributed by atoms with Crippen molar-refractivity contribution in [3.05, 3.63) is 41.9 Å². The molecule has 1 aromatic heterocycles. The zero-order valence-corrected chi connectivity index (χ0v) is 16.4. The van der Waals surface area contributed by atoms with Crippen molar-refractivity contribution in [3.8, 4) is 0 Å². The first-order valence-corrected chi connectivity index (χ1v) is 10.9. The smallest absolute Gasteiger partial charge is 0.246 e. The first-order chi connectivity index (χ1) is 11.8. The first-order valence-electron chi connectivity index (χ1n) is 6.90. The molecule has 0 saturated heterocycles. The van der Waals surface area contributed by atoms with Gasteiger partial charge in [-0.1, -0.05) is 52.9 Å². The lowest BCUT2D eigenvalue weighted by molar-refractivity contribution is -0.114. The molecule has 134 valence electrons. The maximum Gasteiger partial charge on any atom is 0.246 e. The van der Waals surface area contributed by atoms with Gasteiger partial charge in [-0.05, 0) is 12.1 Å². The SMILES string of the molecule is C=CCSc1nnc(NC(=O)CN(c2ccccc2Cl)S(C)(=O)=O)s1. The van der Waals surface area contributed by atoms with E-state index in [0.717, 1.165) is 10.6 Å². The molecule has 0 fully saturated rings. The zero-order chi connectivity index (χ0) is 18.4. The Morgan fingerprint density at radius 2 is 2.16 bits per heavy atom. The Balaban J connectivity index is 2.11. The number of sulfonamides is 1. The van der Waals surface area contributed by atoms with E-state index < -0.39 is 22.5 Å². The average Bonchev–Trinajstić information content (AvgIpc) is 2.98. The van der Waals surface area contributed by atoms with Gasteiger partial charge in [-0.25, -0.2) is 8.42 Å². The highest BCUT2D eigenvalue weighted by Crippen LogP contribution is 2.28. The molecule has 0 unspecified atom stereocenters. The summed E-state index contributed by atoms with van der Waals surface area (Å²) in [6.45, 7) is 3.20. The van der Waals surface area contributed by atoms with E-state index in [-0.39, 0.29) is 10.7 Å². The number of aromatic nitrogens is 2. The van der Waals surface area contributed by atoms with Crippen LogP contribution < -0.4 is 9.62 Å². The number of amides is 1. The molecule has 1 amide bonds. The van der Waals surface area contributed by atoms with Gasteiger partial charge in [0, 0.05) is 5.75 Å². The van der Waals surface area contributed by atoms with Crippen molar-refractivity contribution in [2.75, 3.05) is 28.2 Å². The molecule has 0 atom stereocenters. The van der Waals surface area contributed by atoms with Gasteiger partial charge in [-0.3, -0.25) is 14.4 Å². The van der Waals surface area contributed by atoms with Crippen molar-refractivity contribution in [2.45, 2.75) is 4.34 Å². The van der Waals surface area contributed by atoms with Crippen molar-refractivity contribution in [1.82, 2.24) is 10.2 Å². The molecule has 2 aromatic rings. The van der Waals surface area contributed by atoms with Gasteiger partial charge in [-0.2, -0.15) is 0 Å². The number of thioether (sulfide) groups is 1. The molecule has 1 N–H and O–H groups in total. The van der Waals surface area contributed by atoms with Gasteiger partial charge < -0.3 is 0 Å². The highest BCUT2D eigenvalue weighted by atomic mass is 35.5. The van der Waals surface area contributed by atoms with E-state index in [1.165, 1.54) is 29.2 Å². The van der Waals surface area contributed by atoms with Crippen molar-refractivity contribution in [3.63, 3.8) is 0 Å². The second kappa shape index (κ2) is 8.65. The largest absolute Gasteiger partial charge is 0.299 e. The van der Waals surface area contributed by atoms with E-state index in [0.29, 0.717) is 15.2 Å². The summed E-state index contributed by atoms with van der Waals surface area (Å²) in [6, 6.07) is 6.41. The number of nitrogens with one attached hydrogen (secondary N) is 1. The topological polar surface area (TPSA) is 92.3 Å². The fraction of sp³-hybridized carbons (Fsp3) is 0.214. The molecule has 11 heteroatoms. The minimum atomic E-state index is -3.69. The third kappa shape index (κ3) is 5.70. The van der Waals surface area contributed by atoms with Gasteiger partial charge in [0.05, 0.1) is 17.0 Å². The Labute approximate surface area is 159 Å². The molecule has 0 saturated carbocycles. The van der Waals surface area contributed by atoms with E-state index in [4.69, 9.17) is 11.6 Å². The quantitative estimate of drug-likeness (QED) is 0.402. The molecule has 7 nitrogen and oxygen atoms in total.